The molecule has 0 saturated carbocycles. The van der Waals surface area contributed by atoms with Crippen molar-refractivity contribution < 1.29 is 22.7 Å². The molecule has 4 aromatic rings. The first kappa shape index (κ1) is 26.0. The van der Waals surface area contributed by atoms with Gasteiger partial charge in [-0.2, -0.15) is 0 Å². The predicted octanol–water partition coefficient (Wildman–Crippen LogP) is 6.06. The molecule has 0 atom stereocenters. The van der Waals surface area contributed by atoms with E-state index in [9.17, 15) is 13.2 Å². The number of aryl methyl sites for hydroxylation is 2. The van der Waals surface area contributed by atoms with Crippen LogP contribution in [0.25, 0.3) is 0 Å². The summed E-state index contributed by atoms with van der Waals surface area (Å²) in [5.41, 5.74) is 4.00. The average Bonchev–Trinajstić information content (AvgIpc) is 2.90. The summed E-state index contributed by atoms with van der Waals surface area (Å²) in [5.74, 6) is -0.0382. The first-order chi connectivity index (χ1) is 17.8. The van der Waals surface area contributed by atoms with E-state index in [0.717, 1.165) is 11.1 Å². The third-order valence-electron chi connectivity index (χ3n) is 6.07. The number of hydrogen-bond donors (Lipinski definition) is 1. The molecule has 4 rings (SSSR count). The Labute approximate surface area is 217 Å². The summed E-state index contributed by atoms with van der Waals surface area (Å²) >= 11 is 0. The molecular weight excluding hydrogens is 486 g/mol. The van der Waals surface area contributed by atoms with Crippen LogP contribution in [0, 0.1) is 13.8 Å². The van der Waals surface area contributed by atoms with Crippen LogP contribution < -0.4 is 9.46 Å². The molecule has 37 heavy (non-hydrogen) atoms. The van der Waals surface area contributed by atoms with Crippen LogP contribution in [0.15, 0.2) is 95.9 Å². The lowest BCUT2D eigenvalue weighted by atomic mass is 10.0. The Bertz CT molecular complexity index is 1500. The lowest BCUT2D eigenvalue weighted by Crippen LogP contribution is -2.20. The topological polar surface area (TPSA) is 81.7 Å². The Kier molecular flexibility index (Phi) is 7.94. The highest BCUT2D eigenvalue weighted by molar-refractivity contribution is 7.92. The van der Waals surface area contributed by atoms with Gasteiger partial charge < -0.3 is 9.47 Å². The SMILES string of the molecule is COc1ccc(S(=O)(=O)Nc2c(C)ccc(C)c2C(=O)OCc2ccccc2)c(Cc2ccccc2)c1. The van der Waals surface area contributed by atoms with Crippen molar-refractivity contribution in [3.8, 4) is 5.75 Å². The van der Waals surface area contributed by atoms with Gasteiger partial charge in [-0.1, -0.05) is 72.8 Å². The van der Waals surface area contributed by atoms with E-state index in [2.05, 4.69) is 4.72 Å². The van der Waals surface area contributed by atoms with Gasteiger partial charge in [0.05, 0.1) is 23.3 Å². The maximum atomic E-state index is 13.7. The van der Waals surface area contributed by atoms with Crippen LogP contribution in [0.5, 0.6) is 5.75 Å². The van der Waals surface area contributed by atoms with Crippen molar-refractivity contribution in [1.29, 1.82) is 0 Å². The molecule has 6 nitrogen and oxygen atoms in total. The number of hydrogen-bond acceptors (Lipinski definition) is 5. The largest absolute Gasteiger partial charge is 0.497 e. The number of methoxy groups -OCH3 is 1. The van der Waals surface area contributed by atoms with Crippen LogP contribution in [0.1, 0.15) is 38.2 Å². The van der Waals surface area contributed by atoms with Crippen LogP contribution >= 0.6 is 0 Å². The first-order valence-corrected chi connectivity index (χ1v) is 13.3. The molecule has 0 amide bonds. The van der Waals surface area contributed by atoms with E-state index in [1.807, 2.05) is 60.7 Å². The lowest BCUT2D eigenvalue weighted by molar-refractivity contribution is 0.0473. The maximum Gasteiger partial charge on any atom is 0.340 e. The lowest BCUT2D eigenvalue weighted by Gasteiger charge is -2.18. The number of carbonyl (C=O) groups excluding carboxylic acids is 1. The minimum absolute atomic E-state index is 0.0823. The number of rotatable bonds is 9. The third-order valence-corrected chi connectivity index (χ3v) is 7.52. The van der Waals surface area contributed by atoms with E-state index in [1.165, 1.54) is 13.2 Å². The van der Waals surface area contributed by atoms with Crippen molar-refractivity contribution >= 4 is 21.7 Å². The fraction of sp³-hybridized carbons (Fsp3) is 0.167. The van der Waals surface area contributed by atoms with E-state index in [-0.39, 0.29) is 22.8 Å². The summed E-state index contributed by atoms with van der Waals surface area (Å²) in [7, 11) is -2.53. The van der Waals surface area contributed by atoms with Crippen molar-refractivity contribution in [2.75, 3.05) is 11.8 Å². The molecule has 0 aliphatic rings. The number of carbonyl (C=O) groups is 1. The van der Waals surface area contributed by atoms with Crippen LogP contribution in [-0.4, -0.2) is 21.5 Å². The van der Waals surface area contributed by atoms with Gasteiger partial charge >= 0.3 is 5.97 Å². The van der Waals surface area contributed by atoms with Crippen molar-refractivity contribution in [2.45, 2.75) is 31.8 Å². The maximum absolute atomic E-state index is 13.7. The molecule has 0 bridgehead atoms. The molecule has 0 aliphatic carbocycles. The number of ether oxygens (including phenoxy) is 2. The van der Waals surface area contributed by atoms with E-state index < -0.39 is 16.0 Å². The highest BCUT2D eigenvalue weighted by atomic mass is 32.2. The Morgan fingerprint density at radius 1 is 0.811 bits per heavy atom. The highest BCUT2D eigenvalue weighted by Gasteiger charge is 2.25. The van der Waals surface area contributed by atoms with Gasteiger partial charge in [-0.15, -0.1) is 0 Å². The van der Waals surface area contributed by atoms with Gasteiger partial charge in [0.1, 0.15) is 12.4 Å². The van der Waals surface area contributed by atoms with E-state index >= 15 is 0 Å². The minimum atomic E-state index is -4.06. The molecule has 0 spiro atoms. The summed E-state index contributed by atoms with van der Waals surface area (Å²) in [6, 6.07) is 27.3. The molecule has 0 aromatic heterocycles. The molecule has 1 N–H and O–H groups in total. The molecule has 0 heterocycles. The number of anilines is 1. The Hall–Kier alpha value is -4.10. The summed E-state index contributed by atoms with van der Waals surface area (Å²) in [4.78, 5) is 13.3. The molecule has 0 fully saturated rings. The van der Waals surface area contributed by atoms with E-state index in [0.29, 0.717) is 28.9 Å². The number of benzene rings is 4. The zero-order valence-electron chi connectivity index (χ0n) is 21.0. The van der Waals surface area contributed by atoms with Crippen molar-refractivity contribution in [1.82, 2.24) is 0 Å². The standard InChI is InChI=1S/C30H29NO5S/c1-21-14-15-22(2)29(28(21)30(32)36-20-24-12-8-5-9-13-24)31-37(33,34)27-17-16-26(35-3)19-25(27)18-23-10-6-4-7-11-23/h4-17,19,31H,18,20H2,1-3H3. The van der Waals surface area contributed by atoms with Gasteiger partial charge in [-0.05, 0) is 66.3 Å². The molecule has 0 aliphatic heterocycles. The number of nitrogens with one attached hydrogen (secondary N) is 1. The average molecular weight is 516 g/mol. The van der Waals surface area contributed by atoms with Gasteiger partial charge in [0.25, 0.3) is 10.0 Å². The zero-order valence-corrected chi connectivity index (χ0v) is 21.8. The summed E-state index contributed by atoms with van der Waals surface area (Å²) in [6.45, 7) is 3.59. The summed E-state index contributed by atoms with van der Waals surface area (Å²) in [5, 5.41) is 0. The molecule has 0 saturated heterocycles. The van der Waals surface area contributed by atoms with E-state index in [4.69, 9.17) is 9.47 Å². The van der Waals surface area contributed by atoms with Gasteiger partial charge in [0.2, 0.25) is 0 Å². The van der Waals surface area contributed by atoms with Gasteiger partial charge in [-0.25, -0.2) is 13.2 Å². The second kappa shape index (κ2) is 11.3. The number of sulfonamides is 1. The second-order valence-electron chi connectivity index (χ2n) is 8.75. The Morgan fingerprint density at radius 3 is 2.08 bits per heavy atom. The molecule has 4 aromatic carbocycles. The van der Waals surface area contributed by atoms with Crippen LogP contribution in [0.3, 0.4) is 0 Å². The second-order valence-corrected chi connectivity index (χ2v) is 10.4. The van der Waals surface area contributed by atoms with Crippen LogP contribution in [0.4, 0.5) is 5.69 Å². The molecule has 190 valence electrons. The fourth-order valence-electron chi connectivity index (χ4n) is 4.09. The van der Waals surface area contributed by atoms with Gasteiger partial charge in [0, 0.05) is 0 Å². The van der Waals surface area contributed by atoms with Crippen molar-refractivity contribution in [2.24, 2.45) is 0 Å². The van der Waals surface area contributed by atoms with Gasteiger partial charge in [-0.3, -0.25) is 4.72 Å². The van der Waals surface area contributed by atoms with Crippen molar-refractivity contribution in [3.63, 3.8) is 0 Å². The van der Waals surface area contributed by atoms with Gasteiger partial charge in [0.15, 0.2) is 0 Å². The van der Waals surface area contributed by atoms with Crippen LogP contribution in [0.2, 0.25) is 0 Å². The molecule has 7 heteroatoms. The minimum Gasteiger partial charge on any atom is -0.497 e. The molecule has 0 radical (unpaired) electrons. The Balaban J connectivity index is 1.69. The zero-order chi connectivity index (χ0) is 26.4. The first-order valence-electron chi connectivity index (χ1n) is 11.8. The molecule has 0 unspecified atom stereocenters. The van der Waals surface area contributed by atoms with Crippen LogP contribution in [-0.2, 0) is 27.8 Å². The normalized spacial score (nSPS) is 11.1. The monoisotopic (exact) mass is 515 g/mol. The highest BCUT2D eigenvalue weighted by Crippen LogP contribution is 2.31. The van der Waals surface area contributed by atoms with E-state index in [1.54, 1.807) is 38.1 Å². The number of esters is 1. The quantitative estimate of drug-likeness (QED) is 0.274. The third kappa shape index (κ3) is 6.19. The predicted molar refractivity (Wildman–Crippen MR) is 145 cm³/mol. The summed E-state index contributed by atoms with van der Waals surface area (Å²) in [6.07, 6.45) is 0.396. The summed E-state index contributed by atoms with van der Waals surface area (Å²) < 4.78 is 41.0. The smallest absolute Gasteiger partial charge is 0.340 e. The Morgan fingerprint density at radius 2 is 1.43 bits per heavy atom. The fourth-order valence-corrected chi connectivity index (χ4v) is 5.45. The molecular formula is C30H29NO5S. The van der Waals surface area contributed by atoms with Crippen molar-refractivity contribution in [3.05, 3.63) is 124 Å².